The lowest BCUT2D eigenvalue weighted by molar-refractivity contribution is 0.0672. The average Bonchev–Trinajstić information content (AvgIpc) is 3.17. The summed E-state index contributed by atoms with van der Waals surface area (Å²) in [4.78, 5) is 55.5. The molecule has 12 nitrogen and oxygen atoms in total. The molecule has 86 heavy (non-hydrogen) atoms. The lowest BCUT2D eigenvalue weighted by Crippen LogP contribution is -2.45. The molecule has 15 heteroatoms. The zero-order valence-electron chi connectivity index (χ0n) is 49.8. The number of anilines is 3. The molecule has 6 amide bonds. The van der Waals surface area contributed by atoms with Gasteiger partial charge in [-0.3, -0.25) is 15.0 Å². The van der Waals surface area contributed by atoms with Crippen LogP contribution in [0.1, 0.15) is 109 Å². The van der Waals surface area contributed by atoms with E-state index in [1.165, 1.54) is 29.5 Å². The van der Waals surface area contributed by atoms with Crippen LogP contribution in [0.15, 0.2) is 188 Å². The number of nitrogens with zero attached hydrogens (tertiary/aromatic N) is 6. The van der Waals surface area contributed by atoms with Crippen LogP contribution in [0, 0.1) is 20.8 Å². The number of benzene rings is 5. The Kier molecular flexibility index (Phi) is 20.7. The number of likely N-dealkylation sites (tertiary alicyclic amines) is 3. The van der Waals surface area contributed by atoms with Crippen molar-refractivity contribution in [3.63, 3.8) is 0 Å². The molecule has 5 aromatic carbocycles. The van der Waals surface area contributed by atoms with E-state index in [1.54, 1.807) is 33.3 Å². The van der Waals surface area contributed by atoms with Crippen LogP contribution < -0.4 is 16.0 Å². The number of aromatic nitrogens is 3. The maximum atomic E-state index is 15.4. The van der Waals surface area contributed by atoms with Gasteiger partial charge in [0.25, 0.3) is 0 Å². The summed E-state index contributed by atoms with van der Waals surface area (Å²) in [6, 6.07) is 54.5. The number of rotatable bonds is 12. The number of carbonyl (C=O) groups is 3. The minimum atomic E-state index is -1.47. The van der Waals surface area contributed by atoms with Gasteiger partial charge in [0.05, 0.1) is 17.1 Å². The van der Waals surface area contributed by atoms with Gasteiger partial charge in [0, 0.05) is 113 Å². The molecule has 0 spiro atoms. The molecule has 11 rings (SSSR count). The van der Waals surface area contributed by atoms with Crippen molar-refractivity contribution in [3.8, 4) is 11.1 Å². The third-order valence-corrected chi connectivity index (χ3v) is 16.6. The predicted octanol–water partition coefficient (Wildman–Crippen LogP) is 16.2. The van der Waals surface area contributed by atoms with Crippen LogP contribution in [0.5, 0.6) is 0 Å². The first-order chi connectivity index (χ1) is 41.6. The van der Waals surface area contributed by atoms with Crippen LogP contribution in [-0.4, -0.2) is 87.0 Å². The monoisotopic (exact) mass is 1160 g/mol. The molecule has 3 N–H and O–H groups in total. The first-order valence-electron chi connectivity index (χ1n) is 30.0. The number of aryl methyl sites for hydroxylation is 4. The normalized spacial score (nSPS) is 15.8. The summed E-state index contributed by atoms with van der Waals surface area (Å²) in [7, 11) is 0. The minimum absolute atomic E-state index is 0.170. The number of urea groups is 3. The van der Waals surface area contributed by atoms with E-state index in [2.05, 4.69) is 62.1 Å². The molecule has 3 saturated heterocycles. The van der Waals surface area contributed by atoms with Crippen LogP contribution in [0.4, 0.5) is 44.6 Å². The standard InChI is InChI=1S/C25H26FN3O.C24H24FN3O.C22H28FN3O/c1-19-6-5-15-27-23(19)25(26)13-16-29(17-14-25)24(30)28-22-11-9-21(10-12-22)18-20-7-3-2-4-8-20;1-18-6-5-15-26-22(18)24(25)13-16-28(17-14-24)23(29)27-21-11-9-20(10-12-21)19-7-3-2-4-8-19;1-3-4-7-18-8-10-19(11-9-18)25-21(27)26-15-12-22(23,13-16-26)20-17(2)6-5-14-24-20/h2-12,15H,13-14,16-18H2,1H3,(H,28,30);2-12,15H,13-14,16-17H2,1H3,(H,27,29);5-6,8-11,14H,3-4,7,12-13,15-16H2,1-2H3,(H,25,27). The molecule has 6 heterocycles. The summed E-state index contributed by atoms with van der Waals surface area (Å²) < 4.78 is 46.2. The van der Waals surface area contributed by atoms with Gasteiger partial charge in [-0.15, -0.1) is 0 Å². The van der Waals surface area contributed by atoms with E-state index in [-0.39, 0.29) is 56.6 Å². The molecule has 3 aliphatic heterocycles. The van der Waals surface area contributed by atoms with E-state index in [0.29, 0.717) is 56.4 Å². The maximum Gasteiger partial charge on any atom is 0.321 e. The Morgan fingerprint density at radius 1 is 0.407 bits per heavy atom. The molecule has 3 aliphatic rings. The number of hydrogen-bond acceptors (Lipinski definition) is 6. The van der Waals surface area contributed by atoms with Crippen LogP contribution in [0.25, 0.3) is 11.1 Å². The summed E-state index contributed by atoms with van der Waals surface area (Å²) in [6.07, 6.45) is 10.7. The average molecular weight is 1160 g/mol. The Morgan fingerprint density at radius 2 is 0.721 bits per heavy atom. The summed E-state index contributed by atoms with van der Waals surface area (Å²) >= 11 is 0. The molecule has 8 aromatic rings. The Hall–Kier alpha value is -8.85. The Balaban J connectivity index is 0.000000154. The van der Waals surface area contributed by atoms with Crippen LogP contribution >= 0.6 is 0 Å². The van der Waals surface area contributed by atoms with Crippen LogP contribution in [0.3, 0.4) is 0 Å². The van der Waals surface area contributed by atoms with E-state index < -0.39 is 17.0 Å². The fourth-order valence-electron chi connectivity index (χ4n) is 11.4. The largest absolute Gasteiger partial charge is 0.324 e. The van der Waals surface area contributed by atoms with Gasteiger partial charge in [0.1, 0.15) is 0 Å². The molecule has 0 aliphatic carbocycles. The van der Waals surface area contributed by atoms with Gasteiger partial charge in [0.15, 0.2) is 17.0 Å². The summed E-state index contributed by atoms with van der Waals surface area (Å²) in [6.45, 7) is 10.0. The molecule has 0 bridgehead atoms. The Morgan fingerprint density at radius 3 is 1.07 bits per heavy atom. The Bertz CT molecular complexity index is 3480. The van der Waals surface area contributed by atoms with Crippen LogP contribution in [0.2, 0.25) is 0 Å². The van der Waals surface area contributed by atoms with E-state index in [0.717, 1.165) is 57.7 Å². The van der Waals surface area contributed by atoms with Crippen molar-refractivity contribution in [1.29, 1.82) is 0 Å². The third kappa shape index (κ3) is 16.1. The SMILES string of the molecule is CCCCc1ccc(NC(=O)N2CCC(F)(c3ncccc3C)CC2)cc1.Cc1cccnc1C1(F)CCN(C(=O)Nc2ccc(-c3ccccc3)cc2)CC1.Cc1cccnc1C1(F)CCN(C(=O)Nc2ccc(Cc3ccccc3)cc2)CC1. The summed E-state index contributed by atoms with van der Waals surface area (Å²) in [5.41, 5.74) is 7.86. The van der Waals surface area contributed by atoms with Gasteiger partial charge in [-0.2, -0.15) is 0 Å². The molecular weight excluding hydrogens is 1080 g/mol. The number of piperidine rings is 3. The highest BCUT2D eigenvalue weighted by Gasteiger charge is 2.42. The van der Waals surface area contributed by atoms with E-state index in [4.69, 9.17) is 0 Å². The molecule has 3 aromatic heterocycles. The second-order valence-electron chi connectivity index (χ2n) is 22.8. The number of hydrogen-bond donors (Lipinski definition) is 3. The molecule has 0 radical (unpaired) electrons. The van der Waals surface area contributed by atoms with Crippen molar-refractivity contribution < 1.29 is 27.6 Å². The first-order valence-corrected chi connectivity index (χ1v) is 30.0. The number of unbranched alkanes of at least 4 members (excludes halogenated alkanes) is 1. The first kappa shape index (κ1) is 61.7. The topological polar surface area (TPSA) is 136 Å². The maximum absolute atomic E-state index is 15.4. The fourth-order valence-corrected chi connectivity index (χ4v) is 11.4. The highest BCUT2D eigenvalue weighted by Crippen LogP contribution is 2.40. The second kappa shape index (κ2) is 28.8. The van der Waals surface area contributed by atoms with Crippen molar-refractivity contribution in [2.75, 3.05) is 55.2 Å². The second-order valence-corrected chi connectivity index (χ2v) is 22.8. The van der Waals surface area contributed by atoms with Crippen LogP contribution in [-0.2, 0) is 29.8 Å². The van der Waals surface area contributed by atoms with Gasteiger partial charge < -0.3 is 30.7 Å². The quantitative estimate of drug-likeness (QED) is 0.111. The Labute approximate surface area is 504 Å². The smallest absolute Gasteiger partial charge is 0.321 e. The van der Waals surface area contributed by atoms with E-state index in [9.17, 15) is 14.4 Å². The van der Waals surface area contributed by atoms with Crippen molar-refractivity contribution in [2.45, 2.75) is 109 Å². The predicted molar refractivity (Wildman–Crippen MR) is 337 cm³/mol. The van der Waals surface area contributed by atoms with Crippen molar-refractivity contribution in [1.82, 2.24) is 29.7 Å². The molecule has 0 atom stereocenters. The number of amides is 6. The number of nitrogens with one attached hydrogen (secondary N) is 3. The number of halogens is 3. The lowest BCUT2D eigenvalue weighted by atomic mass is 9.87. The minimum Gasteiger partial charge on any atom is -0.324 e. The molecule has 0 unspecified atom stereocenters. The zero-order chi connectivity index (χ0) is 60.5. The van der Waals surface area contributed by atoms with Gasteiger partial charge >= 0.3 is 18.1 Å². The molecule has 446 valence electrons. The lowest BCUT2D eigenvalue weighted by Gasteiger charge is -2.36. The highest BCUT2D eigenvalue weighted by atomic mass is 19.2. The van der Waals surface area contributed by atoms with E-state index in [1.807, 2.05) is 166 Å². The van der Waals surface area contributed by atoms with Gasteiger partial charge in [0.2, 0.25) is 0 Å². The molecular formula is C71H78F3N9O3. The number of pyridine rings is 3. The molecule has 3 fully saturated rings. The summed E-state index contributed by atoms with van der Waals surface area (Å²) in [5.74, 6) is 0. The number of carbonyl (C=O) groups excluding carboxylic acids is 3. The van der Waals surface area contributed by atoms with Gasteiger partial charge in [-0.25, -0.2) is 27.6 Å². The van der Waals surface area contributed by atoms with Crippen molar-refractivity contribution in [2.24, 2.45) is 0 Å². The van der Waals surface area contributed by atoms with E-state index >= 15 is 13.2 Å². The fraction of sp³-hybridized carbons (Fsp3) is 0.324. The van der Waals surface area contributed by atoms with Crippen molar-refractivity contribution in [3.05, 3.63) is 239 Å². The molecule has 0 saturated carbocycles. The number of alkyl halides is 3. The highest BCUT2D eigenvalue weighted by molar-refractivity contribution is 5.91. The van der Waals surface area contributed by atoms with Crippen molar-refractivity contribution >= 4 is 35.2 Å². The zero-order valence-corrected chi connectivity index (χ0v) is 49.8. The van der Waals surface area contributed by atoms with Gasteiger partial charge in [-0.05, 0) is 139 Å². The van der Waals surface area contributed by atoms with Gasteiger partial charge in [-0.1, -0.05) is 129 Å². The summed E-state index contributed by atoms with van der Waals surface area (Å²) in [5, 5.41) is 8.77. The third-order valence-electron chi connectivity index (χ3n) is 16.6.